The van der Waals surface area contributed by atoms with Gasteiger partial charge in [-0.25, -0.2) is 0 Å². The quantitative estimate of drug-likeness (QED) is 0.664. The van der Waals surface area contributed by atoms with E-state index >= 15 is 0 Å². The van der Waals surface area contributed by atoms with Gasteiger partial charge in [0.1, 0.15) is 12.4 Å². The Kier molecular flexibility index (Phi) is 5.84. The predicted octanol–water partition coefficient (Wildman–Crippen LogP) is 3.97. The molecule has 0 fully saturated rings. The SMILES string of the molecule is CC(N)c1cc(-c2cccc(COc3ccccc3CC(=O)O)c2)ccn1. The number of benzene rings is 2. The van der Waals surface area contributed by atoms with Crippen molar-refractivity contribution < 1.29 is 14.6 Å². The molecule has 3 aromatic rings. The summed E-state index contributed by atoms with van der Waals surface area (Å²) in [5, 5.41) is 9.03. The molecule has 3 N–H and O–H groups in total. The lowest BCUT2D eigenvalue weighted by molar-refractivity contribution is -0.136. The van der Waals surface area contributed by atoms with Gasteiger partial charge in [-0.2, -0.15) is 0 Å². The molecular formula is C22H22N2O3. The number of hydrogen-bond acceptors (Lipinski definition) is 4. The van der Waals surface area contributed by atoms with Crippen LogP contribution in [0.5, 0.6) is 5.75 Å². The van der Waals surface area contributed by atoms with Gasteiger partial charge in [-0.15, -0.1) is 0 Å². The molecule has 138 valence electrons. The minimum atomic E-state index is -0.879. The number of pyridine rings is 1. The van der Waals surface area contributed by atoms with Gasteiger partial charge in [0.2, 0.25) is 0 Å². The summed E-state index contributed by atoms with van der Waals surface area (Å²) in [7, 11) is 0. The fourth-order valence-electron chi connectivity index (χ4n) is 2.83. The van der Waals surface area contributed by atoms with Gasteiger partial charge in [0.15, 0.2) is 0 Å². The van der Waals surface area contributed by atoms with Gasteiger partial charge in [0.25, 0.3) is 0 Å². The van der Waals surface area contributed by atoms with Gasteiger partial charge in [-0.3, -0.25) is 9.78 Å². The van der Waals surface area contributed by atoms with Crippen LogP contribution in [0.25, 0.3) is 11.1 Å². The van der Waals surface area contributed by atoms with Crippen molar-refractivity contribution in [2.24, 2.45) is 5.73 Å². The highest BCUT2D eigenvalue weighted by Crippen LogP contribution is 2.24. The average Bonchev–Trinajstić information content (AvgIpc) is 2.67. The minimum absolute atomic E-state index is 0.0622. The van der Waals surface area contributed by atoms with Crippen molar-refractivity contribution in [3.8, 4) is 16.9 Å². The molecule has 0 bridgehead atoms. The number of nitrogens with two attached hydrogens (primary N) is 1. The number of carbonyl (C=O) groups is 1. The van der Waals surface area contributed by atoms with Crippen LogP contribution < -0.4 is 10.5 Å². The first-order valence-electron chi connectivity index (χ1n) is 8.76. The zero-order valence-corrected chi connectivity index (χ0v) is 15.1. The number of para-hydroxylation sites is 1. The van der Waals surface area contributed by atoms with Gasteiger partial charge >= 0.3 is 5.97 Å². The number of ether oxygens (including phenoxy) is 1. The maximum absolute atomic E-state index is 11.0. The van der Waals surface area contributed by atoms with Crippen molar-refractivity contribution in [3.63, 3.8) is 0 Å². The third kappa shape index (κ3) is 4.92. The standard InChI is InChI=1S/C22H22N2O3/c1-15(23)20-12-18(9-10-24-20)17-7-4-5-16(11-17)14-27-21-8-3-2-6-19(21)13-22(25)26/h2-12,15H,13-14,23H2,1H3,(H,25,26). The Balaban J connectivity index is 1.77. The van der Waals surface area contributed by atoms with Gasteiger partial charge in [-0.05, 0) is 47.9 Å². The first-order valence-corrected chi connectivity index (χ1v) is 8.76. The van der Waals surface area contributed by atoms with Gasteiger partial charge in [-0.1, -0.05) is 36.4 Å². The van der Waals surface area contributed by atoms with Gasteiger partial charge in [0.05, 0.1) is 12.1 Å². The number of hydrogen-bond donors (Lipinski definition) is 2. The highest BCUT2D eigenvalue weighted by Gasteiger charge is 2.08. The Bertz CT molecular complexity index is 938. The van der Waals surface area contributed by atoms with Crippen LogP contribution >= 0.6 is 0 Å². The summed E-state index contributed by atoms with van der Waals surface area (Å²) in [5.74, 6) is -0.288. The second-order valence-electron chi connectivity index (χ2n) is 6.43. The second-order valence-corrected chi connectivity index (χ2v) is 6.43. The van der Waals surface area contributed by atoms with E-state index in [9.17, 15) is 4.79 Å². The van der Waals surface area contributed by atoms with Crippen LogP contribution in [0.15, 0.2) is 66.9 Å². The molecular weight excluding hydrogens is 340 g/mol. The third-order valence-electron chi connectivity index (χ3n) is 4.22. The van der Waals surface area contributed by atoms with Crippen LogP contribution in [-0.4, -0.2) is 16.1 Å². The summed E-state index contributed by atoms with van der Waals surface area (Å²) < 4.78 is 5.88. The van der Waals surface area contributed by atoms with E-state index in [1.54, 1.807) is 18.3 Å². The zero-order chi connectivity index (χ0) is 19.2. The lowest BCUT2D eigenvalue weighted by Gasteiger charge is -2.12. The Morgan fingerprint density at radius 1 is 1.11 bits per heavy atom. The fraction of sp³-hybridized carbons (Fsp3) is 0.182. The number of aliphatic carboxylic acids is 1. The summed E-state index contributed by atoms with van der Waals surface area (Å²) in [6.07, 6.45) is 1.70. The monoisotopic (exact) mass is 362 g/mol. The van der Waals surface area contributed by atoms with Crippen molar-refractivity contribution in [3.05, 3.63) is 83.7 Å². The van der Waals surface area contributed by atoms with E-state index in [-0.39, 0.29) is 12.5 Å². The fourth-order valence-corrected chi connectivity index (χ4v) is 2.83. The summed E-state index contributed by atoms with van der Waals surface area (Å²) in [6, 6.07) is 19.1. The third-order valence-corrected chi connectivity index (χ3v) is 4.22. The van der Waals surface area contributed by atoms with E-state index in [1.807, 2.05) is 49.4 Å². The molecule has 2 aromatic carbocycles. The van der Waals surface area contributed by atoms with E-state index in [2.05, 4.69) is 11.1 Å². The normalized spacial score (nSPS) is 11.8. The molecule has 1 atom stereocenters. The molecule has 0 radical (unpaired) electrons. The van der Waals surface area contributed by atoms with Crippen LogP contribution in [0.3, 0.4) is 0 Å². The van der Waals surface area contributed by atoms with Gasteiger partial charge < -0.3 is 15.6 Å². The highest BCUT2D eigenvalue weighted by molar-refractivity contribution is 5.71. The Morgan fingerprint density at radius 3 is 2.67 bits per heavy atom. The van der Waals surface area contributed by atoms with E-state index in [4.69, 9.17) is 15.6 Å². The van der Waals surface area contributed by atoms with E-state index < -0.39 is 5.97 Å². The van der Waals surface area contributed by atoms with E-state index in [1.165, 1.54) is 0 Å². The maximum atomic E-state index is 11.0. The molecule has 0 amide bonds. The van der Waals surface area contributed by atoms with E-state index in [0.717, 1.165) is 22.4 Å². The molecule has 27 heavy (non-hydrogen) atoms. The number of carboxylic acid groups (broad SMARTS) is 1. The summed E-state index contributed by atoms with van der Waals surface area (Å²) in [6.45, 7) is 2.26. The Morgan fingerprint density at radius 2 is 1.89 bits per heavy atom. The molecule has 1 unspecified atom stereocenters. The van der Waals surface area contributed by atoms with Crippen LogP contribution in [0.1, 0.15) is 29.8 Å². The van der Waals surface area contributed by atoms with Crippen molar-refractivity contribution in [1.29, 1.82) is 0 Å². The van der Waals surface area contributed by atoms with Crippen molar-refractivity contribution >= 4 is 5.97 Å². The molecule has 0 saturated carbocycles. The van der Waals surface area contributed by atoms with Crippen molar-refractivity contribution in [2.45, 2.75) is 26.0 Å². The van der Waals surface area contributed by atoms with Crippen LogP contribution in [0.4, 0.5) is 0 Å². The molecule has 0 aliphatic rings. The second kappa shape index (κ2) is 8.47. The highest BCUT2D eigenvalue weighted by atomic mass is 16.5. The Labute approximate surface area is 158 Å². The van der Waals surface area contributed by atoms with Crippen molar-refractivity contribution in [1.82, 2.24) is 4.98 Å². The average molecular weight is 362 g/mol. The minimum Gasteiger partial charge on any atom is -0.489 e. The molecule has 3 rings (SSSR count). The first kappa shape index (κ1) is 18.6. The number of aromatic nitrogens is 1. The van der Waals surface area contributed by atoms with Crippen LogP contribution in [0.2, 0.25) is 0 Å². The summed E-state index contributed by atoms with van der Waals surface area (Å²) in [5.41, 5.74) is 10.5. The number of carboxylic acids is 1. The smallest absolute Gasteiger partial charge is 0.307 e. The van der Waals surface area contributed by atoms with Crippen LogP contribution in [0, 0.1) is 0 Å². The molecule has 0 saturated heterocycles. The molecule has 5 nitrogen and oxygen atoms in total. The maximum Gasteiger partial charge on any atom is 0.307 e. The molecule has 0 spiro atoms. The number of nitrogens with zero attached hydrogens (tertiary/aromatic N) is 1. The largest absolute Gasteiger partial charge is 0.489 e. The zero-order valence-electron chi connectivity index (χ0n) is 15.1. The first-order chi connectivity index (χ1) is 13.0. The molecule has 1 heterocycles. The van der Waals surface area contributed by atoms with E-state index in [0.29, 0.717) is 17.9 Å². The summed E-state index contributed by atoms with van der Waals surface area (Å²) >= 11 is 0. The molecule has 5 heteroatoms. The topological polar surface area (TPSA) is 85.4 Å². The molecule has 1 aromatic heterocycles. The van der Waals surface area contributed by atoms with Crippen LogP contribution in [-0.2, 0) is 17.8 Å². The number of rotatable bonds is 7. The predicted molar refractivity (Wildman–Crippen MR) is 104 cm³/mol. The summed E-state index contributed by atoms with van der Waals surface area (Å²) in [4.78, 5) is 15.3. The molecule has 0 aliphatic carbocycles. The molecule has 0 aliphatic heterocycles. The Hall–Kier alpha value is -3.18. The van der Waals surface area contributed by atoms with Crippen molar-refractivity contribution in [2.75, 3.05) is 0 Å². The van der Waals surface area contributed by atoms with Gasteiger partial charge in [0, 0.05) is 17.8 Å². The lowest BCUT2D eigenvalue weighted by atomic mass is 10.0. The lowest BCUT2D eigenvalue weighted by Crippen LogP contribution is -2.07.